The molecule has 0 fully saturated rings. The fourth-order valence-electron chi connectivity index (χ4n) is 3.68. The molecule has 6 nitrogen and oxygen atoms in total. The van der Waals surface area contributed by atoms with E-state index in [4.69, 9.17) is 0 Å². The van der Waals surface area contributed by atoms with Gasteiger partial charge in [0.05, 0.1) is 18.0 Å². The Morgan fingerprint density at radius 3 is 2.53 bits per heavy atom. The largest absolute Gasteiger partial charge is 0.284 e. The topological polar surface area (TPSA) is 78.8 Å². The van der Waals surface area contributed by atoms with Crippen molar-refractivity contribution in [1.82, 2.24) is 5.01 Å². The van der Waals surface area contributed by atoms with Crippen LogP contribution in [0.4, 0.5) is 10.1 Å². The highest BCUT2D eigenvalue weighted by Crippen LogP contribution is 2.36. The van der Waals surface area contributed by atoms with Crippen LogP contribution in [-0.4, -0.2) is 31.3 Å². The summed E-state index contributed by atoms with van der Waals surface area (Å²) in [5.41, 5.74) is 2.12. The van der Waals surface area contributed by atoms with Crippen molar-refractivity contribution in [2.45, 2.75) is 39.2 Å². The van der Waals surface area contributed by atoms with Crippen LogP contribution in [0.25, 0.3) is 0 Å². The molecule has 2 aromatic carbocycles. The molecule has 0 radical (unpaired) electrons. The molecule has 1 heterocycles. The molecule has 30 heavy (non-hydrogen) atoms. The lowest BCUT2D eigenvalue weighted by molar-refractivity contribution is -0.137. The molecule has 0 saturated heterocycles. The summed E-state index contributed by atoms with van der Waals surface area (Å²) in [4.78, 5) is 13.1. The SMILES string of the molecule is CCC(CC)C(=O)N1N=C(c2cccc(NS(C)(=O)=O)c2)C[C@H]1c1ccccc1F. The number of hydrazone groups is 1. The van der Waals surface area contributed by atoms with Gasteiger partial charge in [-0.3, -0.25) is 9.52 Å². The van der Waals surface area contributed by atoms with Gasteiger partial charge in [-0.15, -0.1) is 0 Å². The van der Waals surface area contributed by atoms with E-state index in [1.165, 1.54) is 11.1 Å². The summed E-state index contributed by atoms with van der Waals surface area (Å²) in [6.45, 7) is 3.90. The van der Waals surface area contributed by atoms with Gasteiger partial charge in [0.25, 0.3) is 0 Å². The van der Waals surface area contributed by atoms with Crippen molar-refractivity contribution in [2.75, 3.05) is 11.0 Å². The molecule has 1 aliphatic rings. The predicted octanol–water partition coefficient (Wildman–Crippen LogP) is 4.31. The zero-order chi connectivity index (χ0) is 21.9. The van der Waals surface area contributed by atoms with Crippen LogP contribution in [-0.2, 0) is 14.8 Å². The van der Waals surface area contributed by atoms with E-state index in [1.807, 2.05) is 13.8 Å². The fraction of sp³-hybridized carbons (Fsp3) is 0.364. The third kappa shape index (κ3) is 4.87. The number of carbonyl (C=O) groups is 1. The van der Waals surface area contributed by atoms with E-state index in [-0.39, 0.29) is 17.6 Å². The Bertz CT molecular complexity index is 1060. The monoisotopic (exact) mass is 431 g/mol. The quantitative estimate of drug-likeness (QED) is 0.709. The molecule has 1 N–H and O–H groups in total. The molecule has 0 aromatic heterocycles. The zero-order valence-electron chi connectivity index (χ0n) is 17.3. The van der Waals surface area contributed by atoms with Gasteiger partial charge < -0.3 is 0 Å². The number of nitrogens with one attached hydrogen (secondary N) is 1. The van der Waals surface area contributed by atoms with Crippen molar-refractivity contribution in [3.05, 3.63) is 65.5 Å². The van der Waals surface area contributed by atoms with Gasteiger partial charge in [0.1, 0.15) is 5.82 Å². The van der Waals surface area contributed by atoms with Crippen molar-refractivity contribution in [1.29, 1.82) is 0 Å². The predicted molar refractivity (Wildman–Crippen MR) is 116 cm³/mol. The fourth-order valence-corrected chi connectivity index (χ4v) is 4.23. The Hall–Kier alpha value is -2.74. The molecule has 0 aliphatic carbocycles. The maximum atomic E-state index is 14.6. The molecule has 2 aromatic rings. The smallest absolute Gasteiger partial charge is 0.246 e. The van der Waals surface area contributed by atoms with Crippen LogP contribution < -0.4 is 4.72 Å². The zero-order valence-corrected chi connectivity index (χ0v) is 18.1. The molecule has 0 unspecified atom stereocenters. The van der Waals surface area contributed by atoms with Crippen LogP contribution in [0.3, 0.4) is 0 Å². The Morgan fingerprint density at radius 2 is 1.90 bits per heavy atom. The minimum absolute atomic E-state index is 0.131. The molecule has 0 saturated carbocycles. The van der Waals surface area contributed by atoms with Crippen LogP contribution in [0.1, 0.15) is 50.3 Å². The summed E-state index contributed by atoms with van der Waals surface area (Å²) in [5, 5.41) is 5.97. The third-order valence-corrected chi connectivity index (χ3v) is 5.84. The van der Waals surface area contributed by atoms with Gasteiger partial charge in [-0.2, -0.15) is 5.10 Å². The van der Waals surface area contributed by atoms with Crippen molar-refractivity contribution in [3.63, 3.8) is 0 Å². The van der Waals surface area contributed by atoms with E-state index in [2.05, 4.69) is 9.82 Å². The summed E-state index contributed by atoms with van der Waals surface area (Å²) in [6.07, 6.45) is 2.77. The first-order valence-electron chi connectivity index (χ1n) is 9.96. The molecule has 1 atom stereocenters. The van der Waals surface area contributed by atoms with Crippen molar-refractivity contribution in [3.8, 4) is 0 Å². The first kappa shape index (κ1) is 22.0. The lowest BCUT2D eigenvalue weighted by Crippen LogP contribution is -2.32. The number of benzene rings is 2. The molecule has 8 heteroatoms. The molecule has 1 amide bonds. The highest BCUT2D eigenvalue weighted by Gasteiger charge is 2.36. The van der Waals surface area contributed by atoms with Gasteiger partial charge in [-0.1, -0.05) is 44.2 Å². The van der Waals surface area contributed by atoms with Crippen LogP contribution >= 0.6 is 0 Å². The van der Waals surface area contributed by atoms with E-state index in [1.54, 1.807) is 42.5 Å². The number of hydrogen-bond donors (Lipinski definition) is 1. The first-order valence-corrected chi connectivity index (χ1v) is 11.9. The van der Waals surface area contributed by atoms with E-state index in [0.29, 0.717) is 41.8 Å². The molecule has 160 valence electrons. The molecule has 0 bridgehead atoms. The highest BCUT2D eigenvalue weighted by molar-refractivity contribution is 7.92. The number of nitrogens with zero attached hydrogens (tertiary/aromatic N) is 2. The second kappa shape index (κ2) is 8.95. The van der Waals surface area contributed by atoms with Gasteiger partial charge in [-0.05, 0) is 36.6 Å². The van der Waals surface area contributed by atoms with Crippen LogP contribution in [0.15, 0.2) is 53.6 Å². The molecule has 0 spiro atoms. The molecular formula is C22H26FN3O3S. The van der Waals surface area contributed by atoms with Crippen molar-refractivity contribution < 1.29 is 17.6 Å². The number of carbonyl (C=O) groups excluding carboxylic acids is 1. The normalized spacial score (nSPS) is 16.6. The Balaban J connectivity index is 2.00. The number of rotatable bonds is 7. The van der Waals surface area contributed by atoms with E-state index in [9.17, 15) is 17.6 Å². The first-order chi connectivity index (χ1) is 14.2. The van der Waals surface area contributed by atoms with Gasteiger partial charge >= 0.3 is 0 Å². The Kier molecular flexibility index (Phi) is 6.55. The minimum Gasteiger partial charge on any atom is -0.284 e. The van der Waals surface area contributed by atoms with E-state index >= 15 is 0 Å². The Labute approximate surface area is 176 Å². The van der Waals surface area contributed by atoms with Crippen molar-refractivity contribution in [2.24, 2.45) is 11.0 Å². The van der Waals surface area contributed by atoms with Gasteiger partial charge in [0.2, 0.25) is 15.9 Å². The molecule has 1 aliphatic heterocycles. The Morgan fingerprint density at radius 1 is 1.20 bits per heavy atom. The van der Waals surface area contributed by atoms with Gasteiger partial charge in [0, 0.05) is 23.6 Å². The lowest BCUT2D eigenvalue weighted by Gasteiger charge is -2.25. The molecular weight excluding hydrogens is 405 g/mol. The second-order valence-electron chi connectivity index (χ2n) is 7.44. The van der Waals surface area contributed by atoms with Gasteiger partial charge in [-0.25, -0.2) is 17.8 Å². The van der Waals surface area contributed by atoms with E-state index in [0.717, 1.165) is 6.26 Å². The number of sulfonamides is 1. The van der Waals surface area contributed by atoms with Gasteiger partial charge in [0.15, 0.2) is 0 Å². The average Bonchev–Trinajstić information content (AvgIpc) is 3.13. The number of halogens is 1. The average molecular weight is 432 g/mol. The van der Waals surface area contributed by atoms with Crippen LogP contribution in [0.5, 0.6) is 0 Å². The molecule has 3 rings (SSSR count). The van der Waals surface area contributed by atoms with Crippen molar-refractivity contribution >= 4 is 27.3 Å². The van der Waals surface area contributed by atoms with Crippen LogP contribution in [0, 0.1) is 11.7 Å². The summed E-state index contributed by atoms with van der Waals surface area (Å²) in [7, 11) is -3.42. The lowest BCUT2D eigenvalue weighted by atomic mass is 9.96. The maximum absolute atomic E-state index is 14.6. The summed E-state index contributed by atoms with van der Waals surface area (Å²) >= 11 is 0. The highest BCUT2D eigenvalue weighted by atomic mass is 32.2. The minimum atomic E-state index is -3.42. The summed E-state index contributed by atoms with van der Waals surface area (Å²) in [5.74, 6) is -0.705. The maximum Gasteiger partial charge on any atom is 0.246 e. The summed E-state index contributed by atoms with van der Waals surface area (Å²) in [6, 6.07) is 12.7. The number of amides is 1. The number of hydrogen-bond acceptors (Lipinski definition) is 4. The number of anilines is 1. The van der Waals surface area contributed by atoms with E-state index < -0.39 is 16.1 Å². The standard InChI is InChI=1S/C22H26FN3O3S/c1-4-15(5-2)22(27)26-21(18-11-6-7-12-19(18)23)14-20(24-26)16-9-8-10-17(13-16)25-30(3,28)29/h6-13,15,21,25H,4-5,14H2,1-3H3/t21-/m0/s1. The summed E-state index contributed by atoms with van der Waals surface area (Å²) < 4.78 is 40.1. The second-order valence-corrected chi connectivity index (χ2v) is 9.19. The van der Waals surface area contributed by atoms with Crippen LogP contribution in [0.2, 0.25) is 0 Å². The third-order valence-electron chi connectivity index (χ3n) is 5.23.